The summed E-state index contributed by atoms with van der Waals surface area (Å²) in [6.07, 6.45) is 2.68. The molecule has 2 nitrogen and oxygen atoms in total. The zero-order valence-electron chi connectivity index (χ0n) is 10.9. The molecule has 3 rings (SSSR count). The summed E-state index contributed by atoms with van der Waals surface area (Å²) < 4.78 is 5.44. The van der Waals surface area contributed by atoms with Crippen molar-refractivity contribution < 1.29 is 4.74 Å². The Hall–Kier alpha value is -1.54. The fourth-order valence-corrected chi connectivity index (χ4v) is 2.83. The highest BCUT2D eigenvalue weighted by Gasteiger charge is 2.14. The largest absolute Gasteiger partial charge is 0.496 e. The Bertz CT molecular complexity index is 544. The lowest BCUT2D eigenvalue weighted by atomic mass is 10.0. The summed E-state index contributed by atoms with van der Waals surface area (Å²) in [5.74, 6) is 0.968. The van der Waals surface area contributed by atoms with Gasteiger partial charge in [0, 0.05) is 11.9 Å². The van der Waals surface area contributed by atoms with Crippen molar-refractivity contribution in [1.29, 1.82) is 0 Å². The van der Waals surface area contributed by atoms with Gasteiger partial charge in [-0.2, -0.15) is 0 Å². The van der Waals surface area contributed by atoms with E-state index in [1.54, 1.807) is 7.11 Å². The first-order valence-corrected chi connectivity index (χ1v) is 6.65. The number of rotatable bonds is 3. The maximum absolute atomic E-state index is 5.44. The quantitative estimate of drug-likeness (QED) is 0.816. The Morgan fingerprint density at radius 1 is 1.00 bits per heavy atom. The standard InChI is InChI=1S/C16H19NO/c1-18-16-9-8-13(12-17-10-4-5-11-17)14-6-2-3-7-15(14)16/h2-3,6-9H,4-5,10-12H2,1H3. The second-order valence-electron chi connectivity index (χ2n) is 4.96. The number of methoxy groups -OCH3 is 1. The summed E-state index contributed by atoms with van der Waals surface area (Å²) >= 11 is 0. The summed E-state index contributed by atoms with van der Waals surface area (Å²) in [4.78, 5) is 2.54. The molecule has 2 aromatic rings. The summed E-state index contributed by atoms with van der Waals surface area (Å²) in [5, 5.41) is 2.54. The maximum Gasteiger partial charge on any atom is 0.126 e. The van der Waals surface area contributed by atoms with Gasteiger partial charge in [0.15, 0.2) is 0 Å². The van der Waals surface area contributed by atoms with Crippen LogP contribution < -0.4 is 4.74 Å². The van der Waals surface area contributed by atoms with Crippen molar-refractivity contribution in [3.05, 3.63) is 42.0 Å². The van der Waals surface area contributed by atoms with Crippen LogP contribution in [0.25, 0.3) is 10.8 Å². The minimum absolute atomic E-state index is 0.968. The molecule has 0 bridgehead atoms. The van der Waals surface area contributed by atoms with Gasteiger partial charge >= 0.3 is 0 Å². The molecule has 0 spiro atoms. The van der Waals surface area contributed by atoms with E-state index in [1.807, 2.05) is 0 Å². The van der Waals surface area contributed by atoms with E-state index in [1.165, 1.54) is 42.3 Å². The van der Waals surface area contributed by atoms with Crippen LogP contribution in [0.15, 0.2) is 36.4 Å². The summed E-state index contributed by atoms with van der Waals surface area (Å²) in [7, 11) is 1.74. The van der Waals surface area contributed by atoms with Gasteiger partial charge in [-0.1, -0.05) is 30.3 Å². The Morgan fingerprint density at radius 3 is 2.44 bits per heavy atom. The smallest absolute Gasteiger partial charge is 0.126 e. The minimum atomic E-state index is 0.968. The predicted octanol–water partition coefficient (Wildman–Crippen LogP) is 3.44. The lowest BCUT2D eigenvalue weighted by Crippen LogP contribution is -2.18. The van der Waals surface area contributed by atoms with Crippen LogP contribution in [0.5, 0.6) is 5.75 Å². The van der Waals surface area contributed by atoms with Crippen molar-refractivity contribution in [3.8, 4) is 5.75 Å². The molecule has 2 heteroatoms. The van der Waals surface area contributed by atoms with Crippen LogP contribution in [0.2, 0.25) is 0 Å². The van der Waals surface area contributed by atoms with Gasteiger partial charge in [-0.05, 0) is 42.9 Å². The monoisotopic (exact) mass is 241 g/mol. The normalized spacial score (nSPS) is 16.3. The molecule has 0 amide bonds. The van der Waals surface area contributed by atoms with Crippen molar-refractivity contribution in [2.24, 2.45) is 0 Å². The van der Waals surface area contributed by atoms with E-state index in [0.29, 0.717) is 0 Å². The number of likely N-dealkylation sites (tertiary alicyclic amines) is 1. The average Bonchev–Trinajstić information content (AvgIpc) is 2.92. The van der Waals surface area contributed by atoms with E-state index >= 15 is 0 Å². The van der Waals surface area contributed by atoms with Crippen molar-refractivity contribution in [3.63, 3.8) is 0 Å². The van der Waals surface area contributed by atoms with E-state index in [9.17, 15) is 0 Å². The number of ether oxygens (including phenoxy) is 1. The zero-order chi connectivity index (χ0) is 12.4. The van der Waals surface area contributed by atoms with Crippen LogP contribution >= 0.6 is 0 Å². The molecule has 0 aromatic heterocycles. The van der Waals surface area contributed by atoms with E-state index in [0.717, 1.165) is 12.3 Å². The average molecular weight is 241 g/mol. The topological polar surface area (TPSA) is 12.5 Å². The molecule has 0 saturated carbocycles. The maximum atomic E-state index is 5.44. The van der Waals surface area contributed by atoms with Gasteiger partial charge < -0.3 is 4.74 Å². The van der Waals surface area contributed by atoms with Crippen LogP contribution in [0.1, 0.15) is 18.4 Å². The molecule has 1 heterocycles. The Kier molecular flexibility index (Phi) is 3.20. The highest BCUT2D eigenvalue weighted by molar-refractivity contribution is 5.91. The molecule has 0 radical (unpaired) electrons. The van der Waals surface area contributed by atoms with Crippen molar-refractivity contribution in [1.82, 2.24) is 4.90 Å². The molecule has 18 heavy (non-hydrogen) atoms. The van der Waals surface area contributed by atoms with Crippen LogP contribution in [0, 0.1) is 0 Å². The summed E-state index contributed by atoms with van der Waals surface area (Å²) in [6, 6.07) is 12.8. The number of hydrogen-bond acceptors (Lipinski definition) is 2. The lowest BCUT2D eigenvalue weighted by Gasteiger charge is -2.17. The molecule has 1 aliphatic rings. The number of hydrogen-bond donors (Lipinski definition) is 0. The first-order chi connectivity index (χ1) is 8.88. The van der Waals surface area contributed by atoms with Gasteiger partial charge in [0.05, 0.1) is 7.11 Å². The minimum Gasteiger partial charge on any atom is -0.496 e. The molecular weight excluding hydrogens is 222 g/mol. The molecule has 0 atom stereocenters. The van der Waals surface area contributed by atoms with E-state index in [-0.39, 0.29) is 0 Å². The van der Waals surface area contributed by atoms with Crippen LogP contribution in [0.4, 0.5) is 0 Å². The van der Waals surface area contributed by atoms with Crippen LogP contribution in [0.3, 0.4) is 0 Å². The van der Waals surface area contributed by atoms with Gasteiger partial charge in [0.1, 0.15) is 5.75 Å². The van der Waals surface area contributed by atoms with Gasteiger partial charge in [-0.25, -0.2) is 0 Å². The third kappa shape index (κ3) is 2.08. The number of benzene rings is 2. The van der Waals surface area contributed by atoms with Gasteiger partial charge in [-0.15, -0.1) is 0 Å². The van der Waals surface area contributed by atoms with E-state index in [4.69, 9.17) is 4.74 Å². The molecule has 2 aromatic carbocycles. The number of fused-ring (bicyclic) bond motifs is 1. The fourth-order valence-electron chi connectivity index (χ4n) is 2.83. The molecule has 0 unspecified atom stereocenters. The zero-order valence-corrected chi connectivity index (χ0v) is 10.9. The third-order valence-corrected chi connectivity index (χ3v) is 3.79. The molecule has 0 aliphatic carbocycles. The Morgan fingerprint density at radius 2 is 1.72 bits per heavy atom. The Balaban J connectivity index is 2.01. The van der Waals surface area contributed by atoms with E-state index in [2.05, 4.69) is 41.3 Å². The van der Waals surface area contributed by atoms with Crippen molar-refractivity contribution >= 4 is 10.8 Å². The Labute approximate surface area is 108 Å². The third-order valence-electron chi connectivity index (χ3n) is 3.79. The molecule has 1 saturated heterocycles. The lowest BCUT2D eigenvalue weighted by molar-refractivity contribution is 0.332. The highest BCUT2D eigenvalue weighted by atomic mass is 16.5. The van der Waals surface area contributed by atoms with Gasteiger partial charge in [-0.3, -0.25) is 4.90 Å². The molecular formula is C16H19NO. The molecule has 0 N–H and O–H groups in total. The van der Waals surface area contributed by atoms with Crippen LogP contribution in [-0.4, -0.2) is 25.1 Å². The van der Waals surface area contributed by atoms with Crippen molar-refractivity contribution in [2.75, 3.05) is 20.2 Å². The first kappa shape index (κ1) is 11.5. The highest BCUT2D eigenvalue weighted by Crippen LogP contribution is 2.29. The van der Waals surface area contributed by atoms with Gasteiger partial charge in [0.2, 0.25) is 0 Å². The second-order valence-corrected chi connectivity index (χ2v) is 4.96. The summed E-state index contributed by atoms with van der Waals surface area (Å²) in [5.41, 5.74) is 1.41. The molecule has 1 fully saturated rings. The van der Waals surface area contributed by atoms with Gasteiger partial charge in [0.25, 0.3) is 0 Å². The predicted molar refractivity (Wildman–Crippen MR) is 75.0 cm³/mol. The molecule has 94 valence electrons. The SMILES string of the molecule is COc1ccc(CN2CCCC2)c2ccccc12. The van der Waals surface area contributed by atoms with Crippen LogP contribution in [-0.2, 0) is 6.54 Å². The number of nitrogens with zero attached hydrogens (tertiary/aromatic N) is 1. The molecule has 1 aliphatic heterocycles. The second kappa shape index (κ2) is 4.99. The first-order valence-electron chi connectivity index (χ1n) is 6.65. The van der Waals surface area contributed by atoms with Crippen molar-refractivity contribution in [2.45, 2.75) is 19.4 Å². The van der Waals surface area contributed by atoms with E-state index < -0.39 is 0 Å². The fraction of sp³-hybridized carbons (Fsp3) is 0.375. The summed E-state index contributed by atoms with van der Waals surface area (Å²) in [6.45, 7) is 3.53.